The molecule has 0 spiro atoms. The van der Waals surface area contributed by atoms with Gasteiger partial charge in [-0.3, -0.25) is 4.18 Å². The van der Waals surface area contributed by atoms with Gasteiger partial charge in [0.25, 0.3) is 10.1 Å². The van der Waals surface area contributed by atoms with Crippen molar-refractivity contribution >= 4 is 16.1 Å². The first-order valence-corrected chi connectivity index (χ1v) is 5.73. The second-order valence-corrected chi connectivity index (χ2v) is 4.47. The van der Waals surface area contributed by atoms with E-state index < -0.39 is 16.1 Å². The number of aromatic nitrogens is 1. The van der Waals surface area contributed by atoms with Crippen LogP contribution in [0.25, 0.3) is 0 Å². The van der Waals surface area contributed by atoms with Crippen molar-refractivity contribution in [1.82, 2.24) is 4.98 Å². The van der Waals surface area contributed by atoms with Crippen LogP contribution in [0.5, 0.6) is 0 Å². The number of hydrogen-bond donors (Lipinski definition) is 1. The molecule has 0 unspecified atom stereocenters. The molecule has 0 saturated carbocycles. The van der Waals surface area contributed by atoms with Crippen molar-refractivity contribution in [2.45, 2.75) is 6.61 Å². The van der Waals surface area contributed by atoms with E-state index in [2.05, 4.69) is 9.17 Å². The Balaban J connectivity index is 2.69. The molecule has 6 nitrogen and oxygen atoms in total. The molecule has 0 amide bonds. The molecule has 0 bridgehead atoms. The maximum absolute atomic E-state index is 10.6. The molecule has 82 valence electrons. The van der Waals surface area contributed by atoms with Crippen LogP contribution in [0.1, 0.15) is 16.1 Å². The summed E-state index contributed by atoms with van der Waals surface area (Å²) in [6, 6.07) is 2.73. The van der Waals surface area contributed by atoms with Crippen molar-refractivity contribution in [3.63, 3.8) is 0 Å². The van der Waals surface area contributed by atoms with Crippen LogP contribution < -0.4 is 0 Å². The Bertz CT molecular complexity index is 450. The molecule has 1 N–H and O–H groups in total. The summed E-state index contributed by atoms with van der Waals surface area (Å²) in [6.45, 7) is -0.147. The topological polar surface area (TPSA) is 93.6 Å². The van der Waals surface area contributed by atoms with E-state index in [0.717, 1.165) is 6.26 Å². The summed E-state index contributed by atoms with van der Waals surface area (Å²) < 4.78 is 25.8. The highest BCUT2D eigenvalue weighted by Crippen LogP contribution is 2.03. The van der Waals surface area contributed by atoms with E-state index in [-0.39, 0.29) is 12.3 Å². The molecule has 0 fully saturated rings. The maximum atomic E-state index is 10.6. The van der Waals surface area contributed by atoms with Crippen LogP contribution >= 0.6 is 0 Å². The molecule has 1 heterocycles. The van der Waals surface area contributed by atoms with Gasteiger partial charge in [-0.1, -0.05) is 6.07 Å². The van der Waals surface area contributed by atoms with Gasteiger partial charge in [-0.25, -0.2) is 9.78 Å². The number of carboxylic acids is 1. The van der Waals surface area contributed by atoms with Gasteiger partial charge in [-0.05, 0) is 11.6 Å². The van der Waals surface area contributed by atoms with E-state index >= 15 is 0 Å². The summed E-state index contributed by atoms with van der Waals surface area (Å²) in [5.41, 5.74) is 0.392. The molecular weight excluding hydrogens is 222 g/mol. The predicted octanol–water partition coefficient (Wildman–Crippen LogP) is 0.256. The molecule has 1 rings (SSSR count). The molecule has 1 aromatic heterocycles. The van der Waals surface area contributed by atoms with Gasteiger partial charge >= 0.3 is 5.97 Å². The molecule has 1 aromatic rings. The average Bonchev–Trinajstić information content (AvgIpc) is 2.14. The molecule has 0 aromatic carbocycles. The average molecular weight is 231 g/mol. The number of aromatic carboxylic acids is 1. The van der Waals surface area contributed by atoms with Gasteiger partial charge in [0.15, 0.2) is 0 Å². The SMILES string of the molecule is CS(=O)(=O)OCc1ccc(C(=O)O)nc1. The second-order valence-electron chi connectivity index (χ2n) is 2.82. The Morgan fingerprint density at radius 2 is 2.20 bits per heavy atom. The van der Waals surface area contributed by atoms with Gasteiger partial charge in [0.2, 0.25) is 0 Å². The molecule has 0 aliphatic heterocycles. The normalized spacial score (nSPS) is 11.3. The van der Waals surface area contributed by atoms with E-state index in [1.54, 1.807) is 0 Å². The zero-order chi connectivity index (χ0) is 11.5. The minimum Gasteiger partial charge on any atom is -0.477 e. The third-order valence-corrected chi connectivity index (χ3v) is 2.03. The van der Waals surface area contributed by atoms with Crippen LogP contribution in [0, 0.1) is 0 Å². The highest BCUT2D eigenvalue weighted by atomic mass is 32.2. The number of nitrogens with zero attached hydrogens (tertiary/aromatic N) is 1. The standard InChI is InChI=1S/C8H9NO5S/c1-15(12,13)14-5-6-2-3-7(8(10)11)9-4-6/h2-4H,5H2,1H3,(H,10,11). The van der Waals surface area contributed by atoms with E-state index in [9.17, 15) is 13.2 Å². The predicted molar refractivity (Wildman–Crippen MR) is 50.8 cm³/mol. The zero-order valence-corrected chi connectivity index (χ0v) is 8.69. The van der Waals surface area contributed by atoms with Crippen LogP contribution in [0.3, 0.4) is 0 Å². The molecule has 0 atom stereocenters. The first-order chi connectivity index (χ1) is 6.88. The van der Waals surface area contributed by atoms with Gasteiger partial charge < -0.3 is 5.11 Å². The summed E-state index contributed by atoms with van der Waals surface area (Å²) in [5.74, 6) is -1.13. The van der Waals surface area contributed by atoms with Crippen molar-refractivity contribution in [1.29, 1.82) is 0 Å². The Hall–Kier alpha value is -1.47. The Morgan fingerprint density at radius 3 is 2.60 bits per heavy atom. The Morgan fingerprint density at radius 1 is 1.53 bits per heavy atom. The quantitative estimate of drug-likeness (QED) is 0.747. The number of hydrogen-bond acceptors (Lipinski definition) is 5. The number of rotatable bonds is 4. The summed E-state index contributed by atoms with van der Waals surface area (Å²) in [4.78, 5) is 14.0. The summed E-state index contributed by atoms with van der Waals surface area (Å²) >= 11 is 0. The minimum absolute atomic E-state index is 0.0990. The molecule has 0 radical (unpaired) electrons. The number of pyridine rings is 1. The molecule has 7 heteroatoms. The number of carboxylic acid groups (broad SMARTS) is 1. The van der Waals surface area contributed by atoms with Crippen molar-refractivity contribution in [2.24, 2.45) is 0 Å². The summed E-state index contributed by atoms with van der Waals surface area (Å²) in [7, 11) is -3.49. The smallest absolute Gasteiger partial charge is 0.354 e. The minimum atomic E-state index is -3.49. The molecular formula is C8H9NO5S. The van der Waals surface area contributed by atoms with Crippen LogP contribution in [0.4, 0.5) is 0 Å². The first-order valence-electron chi connectivity index (χ1n) is 3.91. The van der Waals surface area contributed by atoms with E-state index in [1.165, 1.54) is 18.3 Å². The van der Waals surface area contributed by atoms with E-state index in [4.69, 9.17) is 5.11 Å². The highest BCUT2D eigenvalue weighted by Gasteiger charge is 2.05. The second kappa shape index (κ2) is 4.37. The van der Waals surface area contributed by atoms with Crippen molar-refractivity contribution in [3.05, 3.63) is 29.6 Å². The van der Waals surface area contributed by atoms with Gasteiger partial charge in [0.05, 0.1) is 12.9 Å². The van der Waals surface area contributed by atoms with E-state index in [0.29, 0.717) is 5.56 Å². The fourth-order valence-corrected chi connectivity index (χ4v) is 1.16. The highest BCUT2D eigenvalue weighted by molar-refractivity contribution is 7.85. The van der Waals surface area contributed by atoms with Crippen LogP contribution in [0.2, 0.25) is 0 Å². The number of carbonyl (C=O) groups is 1. The van der Waals surface area contributed by atoms with Crippen LogP contribution in [-0.4, -0.2) is 30.7 Å². The van der Waals surface area contributed by atoms with Crippen molar-refractivity contribution < 1.29 is 22.5 Å². The zero-order valence-electron chi connectivity index (χ0n) is 7.87. The maximum Gasteiger partial charge on any atom is 0.354 e. The third-order valence-electron chi connectivity index (χ3n) is 1.48. The molecule has 15 heavy (non-hydrogen) atoms. The molecule has 0 aliphatic rings. The lowest BCUT2D eigenvalue weighted by Crippen LogP contribution is -2.04. The van der Waals surface area contributed by atoms with Crippen molar-refractivity contribution in [2.75, 3.05) is 6.26 Å². The molecule has 0 saturated heterocycles. The lowest BCUT2D eigenvalue weighted by molar-refractivity contribution is 0.0690. The monoisotopic (exact) mass is 231 g/mol. The van der Waals surface area contributed by atoms with Gasteiger partial charge in [-0.2, -0.15) is 8.42 Å². The van der Waals surface area contributed by atoms with Crippen LogP contribution in [0.15, 0.2) is 18.3 Å². The third kappa shape index (κ3) is 4.05. The summed E-state index contributed by atoms with van der Waals surface area (Å²) in [5, 5.41) is 8.55. The Kier molecular flexibility index (Phi) is 3.38. The van der Waals surface area contributed by atoms with Crippen molar-refractivity contribution in [3.8, 4) is 0 Å². The summed E-state index contributed by atoms with van der Waals surface area (Å²) in [6.07, 6.45) is 2.20. The first kappa shape index (κ1) is 11.6. The van der Waals surface area contributed by atoms with Crippen LogP contribution in [-0.2, 0) is 20.9 Å². The van der Waals surface area contributed by atoms with Gasteiger partial charge in [-0.15, -0.1) is 0 Å². The van der Waals surface area contributed by atoms with Gasteiger partial charge in [0, 0.05) is 6.20 Å². The fourth-order valence-electron chi connectivity index (χ4n) is 0.811. The fraction of sp³-hybridized carbons (Fsp3) is 0.250. The largest absolute Gasteiger partial charge is 0.477 e. The van der Waals surface area contributed by atoms with E-state index in [1.807, 2.05) is 0 Å². The van der Waals surface area contributed by atoms with Gasteiger partial charge in [0.1, 0.15) is 5.69 Å². The lowest BCUT2D eigenvalue weighted by atomic mass is 10.2. The molecule has 0 aliphatic carbocycles. The Labute approximate surface area is 86.6 Å². The lowest BCUT2D eigenvalue weighted by Gasteiger charge is -2.01.